The molecule has 0 radical (unpaired) electrons. The number of hydrogen-bond acceptors (Lipinski definition) is 4. The molecule has 0 spiro atoms. The van der Waals surface area contributed by atoms with E-state index < -0.39 is 20.0 Å². The first kappa shape index (κ1) is 25.4. The molecule has 2 aliphatic carbocycles. The molecule has 2 saturated carbocycles. The quantitative estimate of drug-likeness (QED) is 0.551. The molecule has 0 saturated heterocycles. The van der Waals surface area contributed by atoms with E-state index in [9.17, 15) is 16.8 Å². The van der Waals surface area contributed by atoms with Gasteiger partial charge in [0.15, 0.2) is 0 Å². The Balaban J connectivity index is 1.44. The molecule has 8 heteroatoms. The van der Waals surface area contributed by atoms with E-state index in [0.29, 0.717) is 11.8 Å². The van der Waals surface area contributed by atoms with Crippen LogP contribution in [0.2, 0.25) is 0 Å². The lowest BCUT2D eigenvalue weighted by molar-refractivity contribution is 0.310. The van der Waals surface area contributed by atoms with Crippen LogP contribution in [-0.4, -0.2) is 28.9 Å². The molecule has 4 rings (SSSR count). The Morgan fingerprint density at radius 2 is 0.882 bits per heavy atom. The van der Waals surface area contributed by atoms with E-state index in [-0.39, 0.29) is 21.9 Å². The van der Waals surface area contributed by atoms with Crippen molar-refractivity contribution in [2.24, 2.45) is 11.8 Å². The van der Waals surface area contributed by atoms with E-state index in [2.05, 4.69) is 23.3 Å². The zero-order valence-electron chi connectivity index (χ0n) is 20.0. The maximum atomic E-state index is 12.9. The second-order valence-electron chi connectivity index (χ2n) is 10.0. The average Bonchev–Trinajstić information content (AvgIpc) is 2.82. The third kappa shape index (κ3) is 5.90. The van der Waals surface area contributed by atoms with E-state index in [1.807, 2.05) is 0 Å². The van der Waals surface area contributed by atoms with Gasteiger partial charge in [-0.15, -0.1) is 0 Å². The molecule has 2 aromatic carbocycles. The average molecular weight is 505 g/mol. The normalized spacial score (nSPS) is 26.3. The predicted octanol–water partition coefficient (Wildman–Crippen LogP) is 5.07. The first-order valence-electron chi connectivity index (χ1n) is 12.4. The Labute approximate surface area is 204 Å². The molecule has 0 amide bonds. The van der Waals surface area contributed by atoms with Crippen molar-refractivity contribution in [2.75, 3.05) is 0 Å². The number of hydrogen-bond donors (Lipinski definition) is 2. The molecule has 2 aromatic rings. The fourth-order valence-electron chi connectivity index (χ4n) is 5.17. The van der Waals surface area contributed by atoms with Gasteiger partial charge in [0.1, 0.15) is 0 Å². The van der Waals surface area contributed by atoms with E-state index in [1.54, 1.807) is 48.5 Å². The van der Waals surface area contributed by atoms with Crippen LogP contribution in [0.1, 0.15) is 65.2 Å². The highest BCUT2D eigenvalue weighted by atomic mass is 32.2. The van der Waals surface area contributed by atoms with Crippen molar-refractivity contribution in [1.82, 2.24) is 9.44 Å². The minimum absolute atomic E-state index is 0.0156. The van der Waals surface area contributed by atoms with Crippen LogP contribution in [0.25, 0.3) is 11.1 Å². The predicted molar refractivity (Wildman–Crippen MR) is 135 cm³/mol. The molecule has 0 bridgehead atoms. The van der Waals surface area contributed by atoms with Gasteiger partial charge in [-0.1, -0.05) is 63.8 Å². The summed E-state index contributed by atoms with van der Waals surface area (Å²) >= 11 is 0. The number of benzene rings is 2. The summed E-state index contributed by atoms with van der Waals surface area (Å²) in [6.07, 6.45) is 8.27. The fraction of sp³-hybridized carbons (Fsp3) is 0.538. The third-order valence-electron chi connectivity index (χ3n) is 7.50. The van der Waals surface area contributed by atoms with Gasteiger partial charge in [0.2, 0.25) is 20.0 Å². The summed E-state index contributed by atoms with van der Waals surface area (Å²) < 4.78 is 57.2. The summed E-state index contributed by atoms with van der Waals surface area (Å²) in [4.78, 5) is 0.498. The molecule has 34 heavy (non-hydrogen) atoms. The number of nitrogens with one attached hydrogen (secondary N) is 2. The van der Waals surface area contributed by atoms with E-state index in [4.69, 9.17) is 0 Å². The van der Waals surface area contributed by atoms with Crippen LogP contribution in [-0.2, 0) is 20.0 Å². The molecule has 0 unspecified atom stereocenters. The molecule has 2 aliphatic rings. The van der Waals surface area contributed by atoms with Gasteiger partial charge in [-0.3, -0.25) is 0 Å². The van der Waals surface area contributed by atoms with Crippen LogP contribution in [0.15, 0.2) is 58.3 Å². The lowest BCUT2D eigenvalue weighted by Gasteiger charge is -2.29. The van der Waals surface area contributed by atoms with Crippen LogP contribution in [0.3, 0.4) is 0 Å². The molecule has 0 aliphatic heterocycles. The van der Waals surface area contributed by atoms with Gasteiger partial charge in [0.25, 0.3) is 0 Å². The first-order valence-corrected chi connectivity index (χ1v) is 15.4. The van der Waals surface area contributed by atoms with E-state index in [0.717, 1.165) is 62.5 Å². The van der Waals surface area contributed by atoms with Crippen LogP contribution >= 0.6 is 0 Å². The zero-order chi connectivity index (χ0) is 24.3. The maximum absolute atomic E-state index is 12.9. The minimum atomic E-state index is -3.57. The fourth-order valence-corrected chi connectivity index (χ4v) is 7.93. The molecular weight excluding hydrogens is 468 g/mol. The first-order chi connectivity index (χ1) is 16.2. The van der Waals surface area contributed by atoms with Gasteiger partial charge in [0.05, 0.1) is 9.79 Å². The number of rotatable bonds is 7. The highest BCUT2D eigenvalue weighted by Gasteiger charge is 2.28. The monoisotopic (exact) mass is 504 g/mol. The van der Waals surface area contributed by atoms with Crippen LogP contribution in [0.4, 0.5) is 0 Å². The van der Waals surface area contributed by atoms with Gasteiger partial charge in [-0.2, -0.15) is 0 Å². The summed E-state index contributed by atoms with van der Waals surface area (Å²) in [6.45, 7) is 4.20. The van der Waals surface area contributed by atoms with Gasteiger partial charge in [0, 0.05) is 12.1 Å². The highest BCUT2D eigenvalue weighted by Crippen LogP contribution is 2.28. The Morgan fingerprint density at radius 3 is 1.21 bits per heavy atom. The van der Waals surface area contributed by atoms with Crippen molar-refractivity contribution >= 4 is 20.0 Å². The van der Waals surface area contributed by atoms with Crippen molar-refractivity contribution in [3.63, 3.8) is 0 Å². The third-order valence-corrected chi connectivity index (χ3v) is 10.5. The standard InChI is InChI=1S/C26H36N2O4S2/c1-19-7-3-5-9-25(19)27-33(29,30)23-15-11-21(12-16-23)22-13-17-24(18-14-22)34(31,32)28-26-10-6-4-8-20(26)2/h11-20,25-28H,3-10H2,1-2H3/t19-,20-,25+,26+/m1/s1. The minimum Gasteiger partial charge on any atom is -0.208 e. The summed E-state index contributed by atoms with van der Waals surface area (Å²) in [6, 6.07) is 13.5. The van der Waals surface area contributed by atoms with Crippen molar-refractivity contribution in [1.29, 1.82) is 0 Å². The van der Waals surface area contributed by atoms with Gasteiger partial charge >= 0.3 is 0 Å². The summed E-state index contributed by atoms with van der Waals surface area (Å²) in [7, 11) is -7.15. The Hall–Kier alpha value is -1.74. The molecule has 2 fully saturated rings. The van der Waals surface area contributed by atoms with Gasteiger partial charge in [-0.05, 0) is 72.9 Å². The van der Waals surface area contributed by atoms with E-state index >= 15 is 0 Å². The van der Waals surface area contributed by atoms with Crippen molar-refractivity contribution < 1.29 is 16.8 Å². The summed E-state index contributed by atoms with van der Waals surface area (Å²) in [5.74, 6) is 0.682. The molecule has 0 aromatic heterocycles. The van der Waals surface area contributed by atoms with Crippen LogP contribution in [0, 0.1) is 11.8 Å². The zero-order valence-corrected chi connectivity index (χ0v) is 21.7. The maximum Gasteiger partial charge on any atom is 0.240 e. The second kappa shape index (κ2) is 10.5. The molecule has 4 atom stereocenters. The molecule has 186 valence electrons. The SMILES string of the molecule is C[C@@H]1CCCC[C@@H]1NS(=O)(=O)c1ccc(-c2ccc(S(=O)(=O)N[C@H]3CCCC[C@H]3C)cc2)cc1. The van der Waals surface area contributed by atoms with Gasteiger partial charge < -0.3 is 0 Å². The molecular formula is C26H36N2O4S2. The molecule has 0 heterocycles. The van der Waals surface area contributed by atoms with Gasteiger partial charge in [-0.25, -0.2) is 26.3 Å². The summed E-state index contributed by atoms with van der Waals surface area (Å²) in [5, 5.41) is 0. The lowest BCUT2D eigenvalue weighted by atomic mass is 9.87. The molecule has 6 nitrogen and oxygen atoms in total. The topological polar surface area (TPSA) is 92.3 Å². The second-order valence-corrected chi connectivity index (χ2v) is 13.5. The largest absolute Gasteiger partial charge is 0.240 e. The van der Waals surface area contributed by atoms with Crippen LogP contribution in [0.5, 0.6) is 0 Å². The van der Waals surface area contributed by atoms with E-state index in [1.165, 1.54) is 0 Å². The smallest absolute Gasteiger partial charge is 0.208 e. The Bertz CT molecular complexity index is 1080. The van der Waals surface area contributed by atoms with Crippen LogP contribution < -0.4 is 9.44 Å². The van der Waals surface area contributed by atoms with Crippen molar-refractivity contribution in [3.05, 3.63) is 48.5 Å². The van der Waals surface area contributed by atoms with Crippen molar-refractivity contribution in [2.45, 2.75) is 87.1 Å². The lowest BCUT2D eigenvalue weighted by Crippen LogP contribution is -2.40. The van der Waals surface area contributed by atoms with Crippen molar-refractivity contribution in [3.8, 4) is 11.1 Å². The highest BCUT2D eigenvalue weighted by molar-refractivity contribution is 7.89. The summed E-state index contributed by atoms with van der Waals surface area (Å²) in [5.41, 5.74) is 1.67. The Morgan fingerprint density at radius 1 is 0.559 bits per heavy atom. The molecule has 2 N–H and O–H groups in total. The Kier molecular flexibility index (Phi) is 7.82. The number of sulfonamides is 2.